The molecule has 0 aromatic carbocycles. The number of carbonyl (C=O) groups is 2. The van der Waals surface area contributed by atoms with Gasteiger partial charge in [0.05, 0.1) is 10.2 Å². The van der Waals surface area contributed by atoms with Crippen molar-refractivity contribution in [2.75, 3.05) is 13.1 Å². The standard InChI is InChI=1S/C10H13BrN2O2S/c1-7(14)12-4-5-13-10(15)6-8-2-3-9(11)16-8/h2-3H,4-6H2,1H3,(H,12,14)(H,13,15). The molecule has 0 saturated heterocycles. The van der Waals surface area contributed by atoms with Crippen LogP contribution in [0.2, 0.25) is 0 Å². The normalized spacial score (nSPS) is 9.88. The molecule has 1 aromatic heterocycles. The maximum atomic E-state index is 11.4. The van der Waals surface area contributed by atoms with Crippen molar-refractivity contribution >= 4 is 39.1 Å². The van der Waals surface area contributed by atoms with E-state index in [9.17, 15) is 9.59 Å². The van der Waals surface area contributed by atoms with Crippen molar-refractivity contribution in [2.24, 2.45) is 0 Å². The molecule has 2 amide bonds. The molecular weight excluding hydrogens is 292 g/mol. The maximum Gasteiger partial charge on any atom is 0.225 e. The summed E-state index contributed by atoms with van der Waals surface area (Å²) in [5.41, 5.74) is 0. The Morgan fingerprint density at radius 2 is 2.00 bits per heavy atom. The molecule has 88 valence electrons. The molecule has 0 aliphatic heterocycles. The zero-order valence-corrected chi connectivity index (χ0v) is 11.3. The second-order valence-electron chi connectivity index (χ2n) is 3.22. The summed E-state index contributed by atoms with van der Waals surface area (Å²) in [6.07, 6.45) is 0.385. The van der Waals surface area contributed by atoms with Gasteiger partial charge in [0.25, 0.3) is 0 Å². The van der Waals surface area contributed by atoms with Crippen molar-refractivity contribution in [3.63, 3.8) is 0 Å². The Balaban J connectivity index is 2.18. The van der Waals surface area contributed by atoms with E-state index in [0.717, 1.165) is 8.66 Å². The maximum absolute atomic E-state index is 11.4. The van der Waals surface area contributed by atoms with Crippen LogP contribution in [0.4, 0.5) is 0 Å². The first-order valence-corrected chi connectivity index (χ1v) is 6.44. The van der Waals surface area contributed by atoms with Gasteiger partial charge >= 0.3 is 0 Å². The van der Waals surface area contributed by atoms with Gasteiger partial charge in [0.15, 0.2) is 0 Å². The summed E-state index contributed by atoms with van der Waals surface area (Å²) in [6, 6.07) is 3.84. The second-order valence-corrected chi connectivity index (χ2v) is 5.76. The van der Waals surface area contributed by atoms with Crippen molar-refractivity contribution in [2.45, 2.75) is 13.3 Å². The smallest absolute Gasteiger partial charge is 0.225 e. The van der Waals surface area contributed by atoms with E-state index in [1.165, 1.54) is 6.92 Å². The fourth-order valence-electron chi connectivity index (χ4n) is 1.11. The third-order valence-electron chi connectivity index (χ3n) is 1.78. The van der Waals surface area contributed by atoms with Gasteiger partial charge in [-0.1, -0.05) is 0 Å². The van der Waals surface area contributed by atoms with Gasteiger partial charge in [-0.2, -0.15) is 0 Å². The van der Waals surface area contributed by atoms with Crippen LogP contribution >= 0.6 is 27.3 Å². The van der Waals surface area contributed by atoms with E-state index in [4.69, 9.17) is 0 Å². The highest BCUT2D eigenvalue weighted by atomic mass is 79.9. The lowest BCUT2D eigenvalue weighted by atomic mass is 10.3. The highest BCUT2D eigenvalue weighted by Crippen LogP contribution is 2.22. The van der Waals surface area contributed by atoms with Crippen LogP contribution in [0.25, 0.3) is 0 Å². The van der Waals surface area contributed by atoms with Gasteiger partial charge in [-0.25, -0.2) is 0 Å². The molecule has 0 fully saturated rings. The van der Waals surface area contributed by atoms with Crippen molar-refractivity contribution < 1.29 is 9.59 Å². The summed E-state index contributed by atoms with van der Waals surface area (Å²) < 4.78 is 1.02. The zero-order valence-electron chi connectivity index (χ0n) is 8.88. The summed E-state index contributed by atoms with van der Waals surface area (Å²) in [7, 11) is 0. The molecule has 0 saturated carbocycles. The topological polar surface area (TPSA) is 58.2 Å². The van der Waals surface area contributed by atoms with Crippen LogP contribution in [0.5, 0.6) is 0 Å². The summed E-state index contributed by atoms with van der Waals surface area (Å²) in [5, 5.41) is 5.34. The monoisotopic (exact) mass is 304 g/mol. The molecule has 1 rings (SSSR count). The van der Waals surface area contributed by atoms with Gasteiger partial charge in [-0.15, -0.1) is 11.3 Å². The number of halogens is 1. The zero-order chi connectivity index (χ0) is 12.0. The molecular formula is C10H13BrN2O2S. The number of nitrogens with one attached hydrogen (secondary N) is 2. The van der Waals surface area contributed by atoms with Gasteiger partial charge in [-0.3, -0.25) is 9.59 Å². The van der Waals surface area contributed by atoms with Crippen LogP contribution in [-0.2, 0) is 16.0 Å². The Kier molecular flexibility index (Phi) is 5.48. The number of carbonyl (C=O) groups excluding carboxylic acids is 2. The largest absolute Gasteiger partial charge is 0.355 e. The Labute approximate surface area is 107 Å². The third kappa shape index (κ3) is 5.27. The van der Waals surface area contributed by atoms with Crippen LogP contribution < -0.4 is 10.6 Å². The minimum Gasteiger partial charge on any atom is -0.355 e. The summed E-state index contributed by atoms with van der Waals surface area (Å²) in [4.78, 5) is 23.0. The second kappa shape index (κ2) is 6.65. The molecule has 16 heavy (non-hydrogen) atoms. The molecule has 2 N–H and O–H groups in total. The fourth-order valence-corrected chi connectivity index (χ4v) is 2.59. The first kappa shape index (κ1) is 13.2. The molecule has 0 aliphatic rings. The van der Waals surface area contributed by atoms with Crippen LogP contribution in [0, 0.1) is 0 Å². The van der Waals surface area contributed by atoms with Crippen molar-refractivity contribution in [3.05, 3.63) is 20.8 Å². The predicted molar refractivity (Wildman–Crippen MR) is 67.4 cm³/mol. The van der Waals surface area contributed by atoms with E-state index in [-0.39, 0.29) is 11.8 Å². The van der Waals surface area contributed by atoms with Gasteiger partial charge in [-0.05, 0) is 28.1 Å². The molecule has 0 atom stereocenters. The Morgan fingerprint density at radius 1 is 1.31 bits per heavy atom. The molecule has 6 heteroatoms. The molecule has 0 bridgehead atoms. The Hall–Kier alpha value is -0.880. The number of thiophene rings is 1. The molecule has 0 aliphatic carbocycles. The van der Waals surface area contributed by atoms with Gasteiger partial charge in [0, 0.05) is 24.9 Å². The molecule has 0 spiro atoms. The Bertz CT molecular complexity index is 379. The van der Waals surface area contributed by atoms with Gasteiger partial charge in [0.1, 0.15) is 0 Å². The molecule has 4 nitrogen and oxygen atoms in total. The molecule has 1 aromatic rings. The lowest BCUT2D eigenvalue weighted by Crippen LogP contribution is -2.34. The van der Waals surface area contributed by atoms with Crippen molar-refractivity contribution in [1.82, 2.24) is 10.6 Å². The van der Waals surface area contributed by atoms with Crippen LogP contribution in [0.15, 0.2) is 15.9 Å². The highest BCUT2D eigenvalue weighted by Gasteiger charge is 2.04. The van der Waals surface area contributed by atoms with E-state index in [2.05, 4.69) is 26.6 Å². The van der Waals surface area contributed by atoms with E-state index in [1.807, 2.05) is 12.1 Å². The van der Waals surface area contributed by atoms with Crippen LogP contribution in [0.3, 0.4) is 0 Å². The number of hydrogen-bond donors (Lipinski definition) is 2. The lowest BCUT2D eigenvalue weighted by Gasteiger charge is -2.04. The molecule has 1 heterocycles. The first-order valence-electron chi connectivity index (χ1n) is 4.83. The van der Waals surface area contributed by atoms with Gasteiger partial charge in [0.2, 0.25) is 11.8 Å². The van der Waals surface area contributed by atoms with E-state index in [0.29, 0.717) is 19.5 Å². The quantitative estimate of drug-likeness (QED) is 0.806. The first-order chi connectivity index (χ1) is 7.58. The van der Waals surface area contributed by atoms with E-state index < -0.39 is 0 Å². The summed E-state index contributed by atoms with van der Waals surface area (Å²) in [6.45, 7) is 2.38. The van der Waals surface area contributed by atoms with Gasteiger partial charge < -0.3 is 10.6 Å². The number of amides is 2. The SMILES string of the molecule is CC(=O)NCCNC(=O)Cc1ccc(Br)s1. The minimum absolute atomic E-state index is 0.0281. The van der Waals surface area contributed by atoms with E-state index >= 15 is 0 Å². The summed E-state index contributed by atoms with van der Waals surface area (Å²) >= 11 is 4.89. The van der Waals surface area contributed by atoms with E-state index in [1.54, 1.807) is 11.3 Å². The third-order valence-corrected chi connectivity index (χ3v) is 3.41. The number of hydrogen-bond acceptors (Lipinski definition) is 3. The fraction of sp³-hybridized carbons (Fsp3) is 0.400. The minimum atomic E-state index is -0.0866. The lowest BCUT2D eigenvalue weighted by molar-refractivity contribution is -0.121. The predicted octanol–water partition coefficient (Wildman–Crippen LogP) is 1.31. The van der Waals surface area contributed by atoms with Crippen LogP contribution in [0.1, 0.15) is 11.8 Å². The summed E-state index contributed by atoms with van der Waals surface area (Å²) in [5.74, 6) is -0.115. The Morgan fingerprint density at radius 3 is 2.56 bits per heavy atom. The molecule has 0 radical (unpaired) electrons. The average Bonchev–Trinajstić information content (AvgIpc) is 2.58. The molecule has 0 unspecified atom stereocenters. The van der Waals surface area contributed by atoms with Crippen molar-refractivity contribution in [1.29, 1.82) is 0 Å². The van der Waals surface area contributed by atoms with Crippen LogP contribution in [-0.4, -0.2) is 24.9 Å². The highest BCUT2D eigenvalue weighted by molar-refractivity contribution is 9.11. The average molecular weight is 305 g/mol. The number of rotatable bonds is 5. The van der Waals surface area contributed by atoms with Crippen molar-refractivity contribution in [3.8, 4) is 0 Å².